The minimum absolute atomic E-state index is 0.193. The molecule has 5 atom stereocenters. The first-order valence-electron chi connectivity index (χ1n) is 13.2. The number of ether oxygens (including phenoxy) is 4. The molecule has 1 aliphatic heterocycles. The summed E-state index contributed by atoms with van der Waals surface area (Å²) in [5, 5.41) is 10.4. The highest BCUT2D eigenvalue weighted by atomic mass is 32.2. The fourth-order valence-corrected chi connectivity index (χ4v) is 5.77. The second kappa shape index (κ2) is 14.4. The van der Waals surface area contributed by atoms with E-state index in [4.69, 9.17) is 18.9 Å². The van der Waals surface area contributed by atoms with Crippen LogP contribution in [-0.4, -0.2) is 41.6 Å². The Morgan fingerprint density at radius 2 is 0.949 bits per heavy atom. The summed E-state index contributed by atoms with van der Waals surface area (Å²) >= 11 is 1.57. The number of thioether (sulfide) groups is 1. The van der Waals surface area contributed by atoms with Gasteiger partial charge >= 0.3 is 0 Å². The number of benzene rings is 4. The third-order valence-electron chi connectivity index (χ3n) is 6.62. The van der Waals surface area contributed by atoms with E-state index in [-0.39, 0.29) is 6.61 Å². The summed E-state index contributed by atoms with van der Waals surface area (Å²) in [6, 6.07) is 40.3. The van der Waals surface area contributed by atoms with Crippen LogP contribution in [0.1, 0.15) is 16.7 Å². The first-order valence-corrected chi connectivity index (χ1v) is 14.1. The van der Waals surface area contributed by atoms with Gasteiger partial charge in [-0.2, -0.15) is 0 Å². The summed E-state index contributed by atoms with van der Waals surface area (Å²) < 4.78 is 26.2. The van der Waals surface area contributed by atoms with Gasteiger partial charge in [-0.3, -0.25) is 0 Å². The van der Waals surface area contributed by atoms with Crippen LogP contribution in [0.15, 0.2) is 126 Å². The van der Waals surface area contributed by atoms with E-state index >= 15 is 0 Å². The molecule has 0 saturated carbocycles. The topological polar surface area (TPSA) is 57.2 Å². The minimum Gasteiger partial charge on any atom is -0.394 e. The zero-order chi connectivity index (χ0) is 26.7. The Bertz CT molecular complexity index is 1230. The normalized spacial score (nSPS) is 22.9. The molecular formula is C33H34O5S. The standard InChI is InChI=1S/C33H34O5S/c34-21-29-30(35-22-25-13-5-1-6-14-25)31(36-23-26-15-7-2-8-16-26)32(37-24-27-17-9-3-10-18-27)33(38-29)39-28-19-11-4-12-20-28/h1-20,29-34H,21-24H2/t29-,30-,31+,32-,33?/m1/s1. The molecule has 4 aromatic carbocycles. The zero-order valence-corrected chi connectivity index (χ0v) is 22.6. The lowest BCUT2D eigenvalue weighted by Gasteiger charge is -2.45. The van der Waals surface area contributed by atoms with Gasteiger partial charge in [-0.15, -0.1) is 0 Å². The van der Waals surface area contributed by atoms with Gasteiger partial charge in [-0.05, 0) is 28.8 Å². The monoisotopic (exact) mass is 542 g/mol. The molecule has 1 heterocycles. The van der Waals surface area contributed by atoms with E-state index in [1.165, 1.54) is 0 Å². The van der Waals surface area contributed by atoms with Crippen molar-refractivity contribution in [1.82, 2.24) is 0 Å². The highest BCUT2D eigenvalue weighted by molar-refractivity contribution is 7.99. The Morgan fingerprint density at radius 1 is 0.538 bits per heavy atom. The Kier molecular flexibility index (Phi) is 10.2. The van der Waals surface area contributed by atoms with Gasteiger partial charge in [-0.1, -0.05) is 121 Å². The predicted molar refractivity (Wildman–Crippen MR) is 153 cm³/mol. The number of hydrogen-bond acceptors (Lipinski definition) is 6. The van der Waals surface area contributed by atoms with Gasteiger partial charge in [0.15, 0.2) is 0 Å². The molecule has 5 nitrogen and oxygen atoms in total. The van der Waals surface area contributed by atoms with Crippen LogP contribution in [-0.2, 0) is 38.8 Å². The third kappa shape index (κ3) is 7.79. The van der Waals surface area contributed by atoms with Crippen LogP contribution in [0, 0.1) is 0 Å². The Labute approximate surface area is 234 Å². The van der Waals surface area contributed by atoms with E-state index < -0.39 is 29.9 Å². The van der Waals surface area contributed by atoms with Gasteiger partial charge in [0, 0.05) is 4.90 Å². The van der Waals surface area contributed by atoms with Crippen molar-refractivity contribution in [2.45, 2.75) is 54.6 Å². The van der Waals surface area contributed by atoms with Gasteiger partial charge in [0.2, 0.25) is 0 Å². The SMILES string of the molecule is OC[C@H]1OC(Sc2ccccc2)[C@H](OCc2ccccc2)[C@@H](OCc2ccccc2)[C@@H]1OCc1ccccc1. The molecule has 39 heavy (non-hydrogen) atoms. The van der Waals surface area contributed by atoms with E-state index in [2.05, 4.69) is 0 Å². The fraction of sp³-hybridized carbons (Fsp3) is 0.273. The number of aliphatic hydroxyl groups excluding tert-OH is 1. The first-order chi connectivity index (χ1) is 19.3. The average Bonchev–Trinajstić information content (AvgIpc) is 3.00. The maximum Gasteiger partial charge on any atom is 0.137 e. The summed E-state index contributed by atoms with van der Waals surface area (Å²) in [5.41, 5.74) is 2.75. The summed E-state index contributed by atoms with van der Waals surface area (Å²) in [6.45, 7) is 0.976. The Hall–Kier alpha value is -2.97. The van der Waals surface area contributed by atoms with Gasteiger partial charge in [-0.25, -0.2) is 0 Å². The van der Waals surface area contributed by atoms with Gasteiger partial charge in [0.05, 0.1) is 26.4 Å². The zero-order valence-electron chi connectivity index (χ0n) is 21.8. The van der Waals surface area contributed by atoms with E-state index in [0.717, 1.165) is 21.6 Å². The van der Waals surface area contributed by atoms with Crippen molar-refractivity contribution >= 4 is 11.8 Å². The van der Waals surface area contributed by atoms with Crippen LogP contribution < -0.4 is 0 Å². The molecule has 1 aliphatic rings. The first kappa shape index (κ1) is 27.6. The molecule has 1 saturated heterocycles. The fourth-order valence-electron chi connectivity index (χ4n) is 4.62. The molecule has 1 unspecified atom stereocenters. The van der Waals surface area contributed by atoms with Gasteiger partial charge < -0.3 is 24.1 Å². The van der Waals surface area contributed by atoms with Crippen molar-refractivity contribution in [3.8, 4) is 0 Å². The molecule has 0 amide bonds. The molecule has 6 heteroatoms. The molecule has 0 aliphatic carbocycles. The molecule has 0 spiro atoms. The summed E-state index contributed by atoms with van der Waals surface area (Å²) in [7, 11) is 0. The van der Waals surface area contributed by atoms with Crippen LogP contribution in [0.3, 0.4) is 0 Å². The van der Waals surface area contributed by atoms with Crippen LogP contribution in [0.2, 0.25) is 0 Å². The molecule has 5 rings (SSSR count). The van der Waals surface area contributed by atoms with E-state index in [1.54, 1.807) is 11.8 Å². The van der Waals surface area contributed by atoms with E-state index in [9.17, 15) is 5.11 Å². The van der Waals surface area contributed by atoms with Gasteiger partial charge in [0.1, 0.15) is 29.9 Å². The maximum absolute atomic E-state index is 10.4. The van der Waals surface area contributed by atoms with Crippen molar-refractivity contribution < 1.29 is 24.1 Å². The summed E-state index contributed by atoms with van der Waals surface area (Å²) in [4.78, 5) is 1.05. The summed E-state index contributed by atoms with van der Waals surface area (Å²) in [6.07, 6.45) is -2.05. The van der Waals surface area contributed by atoms with Crippen LogP contribution in [0.4, 0.5) is 0 Å². The largest absolute Gasteiger partial charge is 0.394 e. The third-order valence-corrected chi connectivity index (χ3v) is 7.78. The molecule has 4 aromatic rings. The van der Waals surface area contributed by atoms with Crippen molar-refractivity contribution in [3.63, 3.8) is 0 Å². The molecule has 1 fully saturated rings. The molecule has 0 aromatic heterocycles. The van der Waals surface area contributed by atoms with Crippen molar-refractivity contribution in [2.24, 2.45) is 0 Å². The van der Waals surface area contributed by atoms with Gasteiger partial charge in [0.25, 0.3) is 0 Å². The highest BCUT2D eigenvalue weighted by Crippen LogP contribution is 2.38. The Balaban J connectivity index is 1.44. The molecule has 202 valence electrons. The predicted octanol–water partition coefficient (Wildman–Crippen LogP) is 6.25. The quantitative estimate of drug-likeness (QED) is 0.228. The smallest absolute Gasteiger partial charge is 0.137 e. The molecular weight excluding hydrogens is 508 g/mol. The second-order valence-corrected chi connectivity index (χ2v) is 10.6. The van der Waals surface area contributed by atoms with Crippen molar-refractivity contribution in [3.05, 3.63) is 138 Å². The second-order valence-electron chi connectivity index (χ2n) is 9.44. The molecule has 0 bridgehead atoms. The van der Waals surface area contributed by atoms with Crippen LogP contribution >= 0.6 is 11.8 Å². The molecule has 1 N–H and O–H groups in total. The Morgan fingerprint density at radius 3 is 1.41 bits per heavy atom. The summed E-state index contributed by atoms with van der Waals surface area (Å²) in [5.74, 6) is 0. The maximum atomic E-state index is 10.4. The van der Waals surface area contributed by atoms with Crippen molar-refractivity contribution in [2.75, 3.05) is 6.61 Å². The average molecular weight is 543 g/mol. The van der Waals surface area contributed by atoms with E-state index in [0.29, 0.717) is 19.8 Å². The van der Waals surface area contributed by atoms with Crippen LogP contribution in [0.25, 0.3) is 0 Å². The lowest BCUT2D eigenvalue weighted by molar-refractivity contribution is -0.251. The van der Waals surface area contributed by atoms with Crippen LogP contribution in [0.5, 0.6) is 0 Å². The number of rotatable bonds is 12. The van der Waals surface area contributed by atoms with E-state index in [1.807, 2.05) is 121 Å². The lowest BCUT2D eigenvalue weighted by Crippen LogP contribution is -2.60. The number of aliphatic hydroxyl groups is 1. The minimum atomic E-state index is -0.577. The lowest BCUT2D eigenvalue weighted by atomic mass is 9.99. The van der Waals surface area contributed by atoms with Crippen molar-refractivity contribution in [1.29, 1.82) is 0 Å². The number of hydrogen-bond donors (Lipinski definition) is 1. The molecule has 0 radical (unpaired) electrons. The highest BCUT2D eigenvalue weighted by Gasteiger charge is 2.48.